The van der Waals surface area contributed by atoms with Crippen LogP contribution in [0.25, 0.3) is 0 Å². The average molecular weight is 230 g/mol. The van der Waals surface area contributed by atoms with E-state index in [1.54, 1.807) is 0 Å². The van der Waals surface area contributed by atoms with Crippen LogP contribution < -0.4 is 5.32 Å². The number of hydrogen-bond donors (Lipinski definition) is 2. The topological polar surface area (TPSA) is 69.6 Å². The van der Waals surface area contributed by atoms with Crippen molar-refractivity contribution in [2.75, 3.05) is 20.1 Å². The molecule has 0 saturated carbocycles. The first-order valence-corrected chi connectivity index (χ1v) is 5.42. The molecule has 0 atom stereocenters. The Balaban J connectivity index is 3.74. The highest BCUT2D eigenvalue weighted by atomic mass is 16.4. The number of carboxylic acid groups (broad SMARTS) is 1. The molecule has 0 bridgehead atoms. The van der Waals surface area contributed by atoms with Crippen LogP contribution in [0.2, 0.25) is 0 Å². The Morgan fingerprint density at radius 3 is 2.31 bits per heavy atom. The second-order valence-corrected chi connectivity index (χ2v) is 5.03. The summed E-state index contributed by atoms with van der Waals surface area (Å²) in [5, 5.41) is 11.3. The number of amides is 1. The van der Waals surface area contributed by atoms with E-state index in [0.717, 1.165) is 0 Å². The molecule has 0 aliphatic carbocycles. The van der Waals surface area contributed by atoms with Crippen molar-refractivity contribution in [2.45, 2.75) is 39.2 Å². The zero-order valence-electron chi connectivity index (χ0n) is 10.5. The fraction of sp³-hybridized carbons (Fsp3) is 0.818. The summed E-state index contributed by atoms with van der Waals surface area (Å²) in [5.74, 6) is -0.835. The van der Waals surface area contributed by atoms with Crippen molar-refractivity contribution in [1.29, 1.82) is 0 Å². The van der Waals surface area contributed by atoms with Gasteiger partial charge in [-0.05, 0) is 40.8 Å². The van der Waals surface area contributed by atoms with E-state index in [1.165, 1.54) is 0 Å². The summed E-state index contributed by atoms with van der Waals surface area (Å²) >= 11 is 0. The standard InChI is InChI=1S/C11H22N2O3/c1-11(2,3)12-9(14)8-13(4)7-5-6-10(15)16/h5-8H2,1-4H3,(H,12,14)(H,15,16). The lowest BCUT2D eigenvalue weighted by molar-refractivity contribution is -0.137. The lowest BCUT2D eigenvalue weighted by Gasteiger charge is -2.23. The Labute approximate surface area is 96.8 Å². The van der Waals surface area contributed by atoms with E-state index in [9.17, 15) is 9.59 Å². The first kappa shape index (κ1) is 14.9. The number of nitrogens with one attached hydrogen (secondary N) is 1. The van der Waals surface area contributed by atoms with Gasteiger partial charge in [-0.3, -0.25) is 14.5 Å². The summed E-state index contributed by atoms with van der Waals surface area (Å²) < 4.78 is 0. The number of likely N-dealkylation sites (N-methyl/N-ethyl adjacent to an activating group) is 1. The fourth-order valence-corrected chi connectivity index (χ4v) is 1.28. The number of carbonyl (C=O) groups excluding carboxylic acids is 1. The molecule has 0 spiro atoms. The SMILES string of the molecule is CN(CCCC(=O)O)CC(=O)NC(C)(C)C. The lowest BCUT2D eigenvalue weighted by atomic mass is 10.1. The maximum absolute atomic E-state index is 11.5. The average Bonchev–Trinajstić information content (AvgIpc) is 1.98. The minimum atomic E-state index is -0.799. The van der Waals surface area contributed by atoms with Gasteiger partial charge in [0, 0.05) is 12.0 Å². The Morgan fingerprint density at radius 2 is 1.88 bits per heavy atom. The third-order valence-electron chi connectivity index (χ3n) is 1.86. The zero-order chi connectivity index (χ0) is 12.8. The molecule has 0 rings (SSSR count). The number of carbonyl (C=O) groups is 2. The van der Waals surface area contributed by atoms with Crippen molar-refractivity contribution in [3.8, 4) is 0 Å². The van der Waals surface area contributed by atoms with Crippen molar-refractivity contribution in [2.24, 2.45) is 0 Å². The molecule has 0 radical (unpaired) electrons. The van der Waals surface area contributed by atoms with Crippen LogP contribution in [0, 0.1) is 0 Å². The summed E-state index contributed by atoms with van der Waals surface area (Å²) in [7, 11) is 1.81. The normalized spacial score (nSPS) is 11.6. The molecule has 5 heteroatoms. The molecular formula is C11H22N2O3. The molecule has 0 fully saturated rings. The molecule has 0 aromatic rings. The molecular weight excluding hydrogens is 208 g/mol. The van der Waals surface area contributed by atoms with Crippen molar-refractivity contribution >= 4 is 11.9 Å². The van der Waals surface area contributed by atoms with Crippen LogP contribution in [0.4, 0.5) is 0 Å². The first-order valence-electron chi connectivity index (χ1n) is 5.42. The molecule has 0 aliphatic rings. The van der Waals surface area contributed by atoms with Crippen molar-refractivity contribution < 1.29 is 14.7 Å². The number of hydrogen-bond acceptors (Lipinski definition) is 3. The maximum atomic E-state index is 11.5. The zero-order valence-corrected chi connectivity index (χ0v) is 10.5. The highest BCUT2D eigenvalue weighted by molar-refractivity contribution is 5.78. The fourth-order valence-electron chi connectivity index (χ4n) is 1.28. The van der Waals surface area contributed by atoms with Gasteiger partial charge in [-0.1, -0.05) is 0 Å². The van der Waals surface area contributed by atoms with Gasteiger partial charge in [0.25, 0.3) is 0 Å². The highest BCUT2D eigenvalue weighted by Crippen LogP contribution is 1.99. The van der Waals surface area contributed by atoms with E-state index in [2.05, 4.69) is 5.32 Å². The van der Waals surface area contributed by atoms with Crippen LogP contribution >= 0.6 is 0 Å². The summed E-state index contributed by atoms with van der Waals surface area (Å²) in [6, 6.07) is 0. The van der Waals surface area contributed by atoms with Crippen molar-refractivity contribution in [3.05, 3.63) is 0 Å². The number of rotatable bonds is 6. The molecule has 1 amide bonds. The van der Waals surface area contributed by atoms with Crippen LogP contribution in [0.5, 0.6) is 0 Å². The van der Waals surface area contributed by atoms with Crippen LogP contribution in [0.15, 0.2) is 0 Å². The van der Waals surface area contributed by atoms with E-state index < -0.39 is 5.97 Å². The minimum Gasteiger partial charge on any atom is -0.481 e. The van der Waals surface area contributed by atoms with Gasteiger partial charge in [0.2, 0.25) is 5.91 Å². The smallest absolute Gasteiger partial charge is 0.303 e. The third kappa shape index (κ3) is 9.45. The van der Waals surface area contributed by atoms with Crippen LogP contribution in [0.1, 0.15) is 33.6 Å². The van der Waals surface area contributed by atoms with Crippen molar-refractivity contribution in [3.63, 3.8) is 0 Å². The van der Waals surface area contributed by atoms with E-state index in [4.69, 9.17) is 5.11 Å². The van der Waals surface area contributed by atoms with E-state index in [1.807, 2.05) is 32.7 Å². The molecule has 0 aliphatic heterocycles. The molecule has 5 nitrogen and oxygen atoms in total. The first-order chi connectivity index (χ1) is 7.20. The van der Waals surface area contributed by atoms with E-state index in [0.29, 0.717) is 19.5 Å². The predicted octanol–water partition coefficient (Wildman–Crippen LogP) is 0.698. The van der Waals surface area contributed by atoms with Gasteiger partial charge in [0.15, 0.2) is 0 Å². The molecule has 0 aromatic heterocycles. The molecule has 0 aromatic carbocycles. The molecule has 2 N–H and O–H groups in total. The lowest BCUT2D eigenvalue weighted by Crippen LogP contribution is -2.45. The summed E-state index contributed by atoms with van der Waals surface area (Å²) in [4.78, 5) is 23.6. The number of nitrogens with zero attached hydrogens (tertiary/aromatic N) is 1. The van der Waals surface area contributed by atoms with E-state index in [-0.39, 0.29) is 17.9 Å². The minimum absolute atomic E-state index is 0.0367. The number of aliphatic carboxylic acids is 1. The molecule has 0 heterocycles. The molecule has 0 unspecified atom stereocenters. The largest absolute Gasteiger partial charge is 0.481 e. The van der Waals surface area contributed by atoms with Gasteiger partial charge in [0.1, 0.15) is 0 Å². The Morgan fingerprint density at radius 1 is 1.31 bits per heavy atom. The molecule has 94 valence electrons. The van der Waals surface area contributed by atoms with Gasteiger partial charge in [0.05, 0.1) is 6.54 Å². The van der Waals surface area contributed by atoms with Gasteiger partial charge in [-0.2, -0.15) is 0 Å². The predicted molar refractivity (Wildman–Crippen MR) is 62.3 cm³/mol. The Bertz CT molecular complexity index is 246. The summed E-state index contributed by atoms with van der Waals surface area (Å²) in [6.45, 7) is 6.70. The Hall–Kier alpha value is -1.10. The Kier molecular flexibility index (Phi) is 6.03. The van der Waals surface area contributed by atoms with Crippen LogP contribution in [0.3, 0.4) is 0 Å². The molecule has 0 saturated heterocycles. The monoisotopic (exact) mass is 230 g/mol. The van der Waals surface area contributed by atoms with Crippen LogP contribution in [-0.2, 0) is 9.59 Å². The van der Waals surface area contributed by atoms with Crippen molar-refractivity contribution in [1.82, 2.24) is 10.2 Å². The maximum Gasteiger partial charge on any atom is 0.303 e. The summed E-state index contributed by atoms with van der Waals surface area (Å²) in [5.41, 5.74) is -0.223. The highest BCUT2D eigenvalue weighted by Gasteiger charge is 2.14. The van der Waals surface area contributed by atoms with Gasteiger partial charge in [-0.25, -0.2) is 0 Å². The van der Waals surface area contributed by atoms with Crippen LogP contribution in [-0.4, -0.2) is 47.6 Å². The number of carboxylic acids is 1. The quantitative estimate of drug-likeness (QED) is 0.704. The molecule has 16 heavy (non-hydrogen) atoms. The second kappa shape index (κ2) is 6.48. The van der Waals surface area contributed by atoms with Gasteiger partial charge < -0.3 is 10.4 Å². The summed E-state index contributed by atoms with van der Waals surface area (Å²) in [6.07, 6.45) is 0.708. The van der Waals surface area contributed by atoms with E-state index >= 15 is 0 Å². The second-order valence-electron chi connectivity index (χ2n) is 5.03. The van der Waals surface area contributed by atoms with Gasteiger partial charge in [-0.15, -0.1) is 0 Å². The third-order valence-corrected chi connectivity index (χ3v) is 1.86. The van der Waals surface area contributed by atoms with Gasteiger partial charge >= 0.3 is 5.97 Å².